The molecule has 0 saturated carbocycles. The van der Waals surface area contributed by atoms with Gasteiger partial charge in [0.05, 0.1) is 25.9 Å². The van der Waals surface area contributed by atoms with Crippen LogP contribution in [-0.2, 0) is 14.3 Å². The number of carbonyl (C=O) groups is 1. The zero-order valence-corrected chi connectivity index (χ0v) is 9.96. The van der Waals surface area contributed by atoms with Crippen molar-refractivity contribution in [2.24, 2.45) is 0 Å². The highest BCUT2D eigenvalue weighted by atomic mass is 32.1. The quantitative estimate of drug-likeness (QED) is 0.868. The standard InChI is InChI=1S/C11H15NO3S/c1-8(10-3-2-6-16-10)12-11(13)9-7-14-4-5-15-9/h2-3,6,8-9H,4-5,7H2,1H3,(H,12,13). The molecule has 2 unspecified atom stereocenters. The van der Waals surface area contributed by atoms with Crippen LogP contribution in [0.1, 0.15) is 17.8 Å². The lowest BCUT2D eigenvalue weighted by atomic mass is 10.2. The molecule has 0 bridgehead atoms. The van der Waals surface area contributed by atoms with E-state index >= 15 is 0 Å². The largest absolute Gasteiger partial charge is 0.376 e. The lowest BCUT2D eigenvalue weighted by molar-refractivity contribution is -0.148. The summed E-state index contributed by atoms with van der Waals surface area (Å²) >= 11 is 1.63. The Labute approximate surface area is 98.6 Å². The van der Waals surface area contributed by atoms with E-state index in [9.17, 15) is 4.79 Å². The van der Waals surface area contributed by atoms with Crippen molar-refractivity contribution in [3.63, 3.8) is 0 Å². The van der Waals surface area contributed by atoms with Gasteiger partial charge in [-0.15, -0.1) is 11.3 Å². The van der Waals surface area contributed by atoms with Crippen molar-refractivity contribution in [1.82, 2.24) is 5.32 Å². The maximum atomic E-state index is 11.8. The minimum Gasteiger partial charge on any atom is -0.376 e. The van der Waals surface area contributed by atoms with Gasteiger partial charge in [-0.05, 0) is 18.4 Å². The Morgan fingerprint density at radius 1 is 1.62 bits per heavy atom. The van der Waals surface area contributed by atoms with Crippen LogP contribution < -0.4 is 5.32 Å². The van der Waals surface area contributed by atoms with Crippen molar-refractivity contribution in [1.29, 1.82) is 0 Å². The van der Waals surface area contributed by atoms with Crippen LogP contribution >= 0.6 is 11.3 Å². The van der Waals surface area contributed by atoms with E-state index < -0.39 is 6.10 Å². The van der Waals surface area contributed by atoms with Crippen LogP contribution in [0.4, 0.5) is 0 Å². The summed E-state index contributed by atoms with van der Waals surface area (Å²) in [6.45, 7) is 3.38. The zero-order valence-electron chi connectivity index (χ0n) is 9.14. The summed E-state index contributed by atoms with van der Waals surface area (Å²) in [5.74, 6) is -0.0967. The van der Waals surface area contributed by atoms with E-state index in [1.807, 2.05) is 24.4 Å². The fourth-order valence-corrected chi connectivity index (χ4v) is 2.29. The number of nitrogens with one attached hydrogen (secondary N) is 1. The smallest absolute Gasteiger partial charge is 0.252 e. The van der Waals surface area contributed by atoms with E-state index in [0.717, 1.165) is 4.88 Å². The minimum atomic E-state index is -0.462. The summed E-state index contributed by atoms with van der Waals surface area (Å²) in [6.07, 6.45) is -0.462. The normalized spacial score (nSPS) is 22.7. The summed E-state index contributed by atoms with van der Waals surface area (Å²) in [7, 11) is 0. The molecule has 88 valence electrons. The molecule has 0 radical (unpaired) electrons. The van der Waals surface area contributed by atoms with Gasteiger partial charge in [0.25, 0.3) is 5.91 Å². The van der Waals surface area contributed by atoms with E-state index in [1.54, 1.807) is 11.3 Å². The van der Waals surface area contributed by atoms with Gasteiger partial charge in [-0.25, -0.2) is 0 Å². The third-order valence-electron chi connectivity index (χ3n) is 2.44. The van der Waals surface area contributed by atoms with Crippen LogP contribution in [0, 0.1) is 0 Å². The molecular weight excluding hydrogens is 226 g/mol. The van der Waals surface area contributed by atoms with Gasteiger partial charge < -0.3 is 14.8 Å². The number of amides is 1. The van der Waals surface area contributed by atoms with Gasteiger partial charge in [-0.2, -0.15) is 0 Å². The highest BCUT2D eigenvalue weighted by Gasteiger charge is 2.24. The molecule has 5 heteroatoms. The van der Waals surface area contributed by atoms with Gasteiger partial charge in [0, 0.05) is 4.88 Å². The molecule has 1 N–H and O–H groups in total. The van der Waals surface area contributed by atoms with E-state index in [-0.39, 0.29) is 11.9 Å². The second-order valence-corrected chi connectivity index (χ2v) is 4.66. The van der Waals surface area contributed by atoms with Crippen LogP contribution in [0.2, 0.25) is 0 Å². The van der Waals surface area contributed by atoms with Gasteiger partial charge in [0.1, 0.15) is 0 Å². The fraction of sp³-hybridized carbons (Fsp3) is 0.545. The molecule has 1 aromatic rings. The summed E-state index contributed by atoms with van der Waals surface area (Å²) in [5.41, 5.74) is 0. The van der Waals surface area contributed by atoms with E-state index in [1.165, 1.54) is 0 Å². The molecule has 0 aliphatic carbocycles. The third-order valence-corrected chi connectivity index (χ3v) is 3.49. The van der Waals surface area contributed by atoms with E-state index in [4.69, 9.17) is 9.47 Å². The molecular formula is C11H15NO3S. The Morgan fingerprint density at radius 2 is 2.50 bits per heavy atom. The van der Waals surface area contributed by atoms with Gasteiger partial charge in [-0.3, -0.25) is 4.79 Å². The van der Waals surface area contributed by atoms with Crippen LogP contribution in [0.15, 0.2) is 17.5 Å². The number of thiophene rings is 1. The number of hydrogen-bond donors (Lipinski definition) is 1. The van der Waals surface area contributed by atoms with Gasteiger partial charge >= 0.3 is 0 Å². The van der Waals surface area contributed by atoms with Crippen LogP contribution in [0.3, 0.4) is 0 Å². The highest BCUT2D eigenvalue weighted by Crippen LogP contribution is 2.18. The van der Waals surface area contributed by atoms with Crippen molar-refractivity contribution >= 4 is 17.2 Å². The Kier molecular flexibility index (Phi) is 3.93. The average molecular weight is 241 g/mol. The summed E-state index contributed by atoms with van der Waals surface area (Å²) in [5, 5.41) is 4.92. The fourth-order valence-electron chi connectivity index (χ4n) is 1.55. The van der Waals surface area contributed by atoms with Crippen molar-refractivity contribution in [3.05, 3.63) is 22.4 Å². The lowest BCUT2D eigenvalue weighted by Gasteiger charge is -2.23. The molecule has 4 nitrogen and oxygen atoms in total. The number of carbonyl (C=O) groups excluding carboxylic acids is 1. The Balaban J connectivity index is 1.86. The van der Waals surface area contributed by atoms with Gasteiger partial charge in [0.2, 0.25) is 0 Å². The molecule has 0 spiro atoms. The highest BCUT2D eigenvalue weighted by molar-refractivity contribution is 7.10. The number of ether oxygens (including phenoxy) is 2. The third kappa shape index (κ3) is 2.81. The second-order valence-electron chi connectivity index (χ2n) is 3.68. The molecule has 16 heavy (non-hydrogen) atoms. The molecule has 1 aliphatic heterocycles. The first-order valence-corrected chi connectivity index (χ1v) is 6.18. The Bertz CT molecular complexity index is 333. The Hall–Kier alpha value is -0.910. The van der Waals surface area contributed by atoms with Crippen molar-refractivity contribution in [2.75, 3.05) is 19.8 Å². The molecule has 1 saturated heterocycles. The zero-order chi connectivity index (χ0) is 11.4. The van der Waals surface area contributed by atoms with Crippen LogP contribution in [-0.4, -0.2) is 31.8 Å². The first-order valence-electron chi connectivity index (χ1n) is 5.30. The molecule has 2 heterocycles. The molecule has 1 aliphatic rings. The monoisotopic (exact) mass is 241 g/mol. The van der Waals surface area contributed by atoms with E-state index in [0.29, 0.717) is 19.8 Å². The van der Waals surface area contributed by atoms with E-state index in [2.05, 4.69) is 5.32 Å². The first-order chi connectivity index (χ1) is 7.77. The number of rotatable bonds is 3. The summed E-state index contributed by atoms with van der Waals surface area (Å²) in [4.78, 5) is 12.9. The van der Waals surface area contributed by atoms with Crippen molar-refractivity contribution < 1.29 is 14.3 Å². The average Bonchev–Trinajstić information content (AvgIpc) is 2.83. The van der Waals surface area contributed by atoms with Crippen molar-refractivity contribution in [2.45, 2.75) is 19.1 Å². The lowest BCUT2D eigenvalue weighted by Crippen LogP contribution is -2.43. The summed E-state index contributed by atoms with van der Waals surface area (Å²) in [6, 6.07) is 4.01. The number of hydrogen-bond acceptors (Lipinski definition) is 4. The Morgan fingerprint density at radius 3 is 3.12 bits per heavy atom. The molecule has 1 fully saturated rings. The topological polar surface area (TPSA) is 47.6 Å². The molecule has 0 aromatic carbocycles. The van der Waals surface area contributed by atoms with Gasteiger partial charge in [-0.1, -0.05) is 6.07 Å². The maximum absolute atomic E-state index is 11.8. The molecule has 1 amide bonds. The maximum Gasteiger partial charge on any atom is 0.252 e. The van der Waals surface area contributed by atoms with Crippen LogP contribution in [0.5, 0.6) is 0 Å². The van der Waals surface area contributed by atoms with Crippen LogP contribution in [0.25, 0.3) is 0 Å². The van der Waals surface area contributed by atoms with Gasteiger partial charge in [0.15, 0.2) is 6.10 Å². The predicted octanol–water partition coefficient (Wildman–Crippen LogP) is 1.34. The molecule has 2 rings (SSSR count). The summed E-state index contributed by atoms with van der Waals surface area (Å²) < 4.78 is 10.5. The molecule has 2 atom stereocenters. The minimum absolute atomic E-state index is 0.0260. The van der Waals surface area contributed by atoms with Crippen molar-refractivity contribution in [3.8, 4) is 0 Å². The predicted molar refractivity (Wildman–Crippen MR) is 61.4 cm³/mol. The SMILES string of the molecule is CC(NC(=O)C1COCCO1)c1cccs1. The molecule has 1 aromatic heterocycles. The first kappa shape index (κ1) is 11.6. The second kappa shape index (κ2) is 5.43.